The number of ether oxygens (including phenoxy) is 1. The highest BCUT2D eigenvalue weighted by Gasteiger charge is 2.15. The summed E-state index contributed by atoms with van der Waals surface area (Å²) in [5, 5.41) is 3.41. The standard InChI is InChI=1S/C16H29N3O/c1-11(2)9-15-18-13(4)16(14(5)19-15)12(3)10-17-7-8-20-6/h11-12,17H,7-10H2,1-6H3. The Kier molecular flexibility index (Phi) is 7.10. The Hall–Kier alpha value is -1.00. The molecule has 0 spiro atoms. The van der Waals surface area contributed by atoms with E-state index < -0.39 is 0 Å². The third-order valence-electron chi connectivity index (χ3n) is 3.39. The first kappa shape index (κ1) is 17.1. The summed E-state index contributed by atoms with van der Waals surface area (Å²) < 4.78 is 5.04. The van der Waals surface area contributed by atoms with Gasteiger partial charge in [-0.2, -0.15) is 0 Å². The van der Waals surface area contributed by atoms with Gasteiger partial charge in [0.15, 0.2) is 0 Å². The lowest BCUT2D eigenvalue weighted by Crippen LogP contribution is -2.25. The van der Waals surface area contributed by atoms with Gasteiger partial charge in [-0.05, 0) is 31.2 Å². The van der Waals surface area contributed by atoms with Crippen LogP contribution in [0.25, 0.3) is 0 Å². The maximum absolute atomic E-state index is 5.04. The zero-order valence-corrected chi connectivity index (χ0v) is 13.8. The maximum Gasteiger partial charge on any atom is 0.129 e. The van der Waals surface area contributed by atoms with E-state index in [2.05, 4.69) is 49.9 Å². The van der Waals surface area contributed by atoms with Crippen LogP contribution in [0.3, 0.4) is 0 Å². The first-order chi connectivity index (χ1) is 9.45. The molecule has 0 saturated heterocycles. The molecule has 0 radical (unpaired) electrons. The monoisotopic (exact) mass is 279 g/mol. The number of rotatable bonds is 8. The van der Waals surface area contributed by atoms with Gasteiger partial charge in [-0.1, -0.05) is 20.8 Å². The largest absolute Gasteiger partial charge is 0.383 e. The van der Waals surface area contributed by atoms with Crippen LogP contribution in [-0.4, -0.2) is 36.8 Å². The second-order valence-electron chi connectivity index (χ2n) is 5.92. The lowest BCUT2D eigenvalue weighted by molar-refractivity contribution is 0.199. The summed E-state index contributed by atoms with van der Waals surface area (Å²) in [6.45, 7) is 13.4. The van der Waals surface area contributed by atoms with Crippen LogP contribution < -0.4 is 5.32 Å². The van der Waals surface area contributed by atoms with Crippen molar-refractivity contribution in [2.45, 2.75) is 47.0 Å². The Balaban J connectivity index is 2.74. The molecule has 1 heterocycles. The lowest BCUT2D eigenvalue weighted by Gasteiger charge is -2.18. The fourth-order valence-corrected chi connectivity index (χ4v) is 2.56. The second-order valence-corrected chi connectivity index (χ2v) is 5.92. The van der Waals surface area contributed by atoms with E-state index in [1.54, 1.807) is 7.11 Å². The molecule has 0 amide bonds. The minimum atomic E-state index is 0.417. The van der Waals surface area contributed by atoms with Gasteiger partial charge in [0.2, 0.25) is 0 Å². The van der Waals surface area contributed by atoms with E-state index in [1.165, 1.54) is 5.56 Å². The molecule has 1 N–H and O–H groups in total. The first-order valence-corrected chi connectivity index (χ1v) is 7.49. The molecular weight excluding hydrogens is 250 g/mol. The molecule has 1 aromatic heterocycles. The van der Waals surface area contributed by atoms with E-state index in [0.717, 1.165) is 43.3 Å². The van der Waals surface area contributed by atoms with Crippen molar-refractivity contribution in [2.75, 3.05) is 26.8 Å². The number of methoxy groups -OCH3 is 1. The molecule has 0 fully saturated rings. The highest BCUT2D eigenvalue weighted by molar-refractivity contribution is 5.28. The van der Waals surface area contributed by atoms with Gasteiger partial charge >= 0.3 is 0 Å². The SMILES string of the molecule is COCCNCC(C)c1c(C)nc(CC(C)C)nc1C. The quantitative estimate of drug-likeness (QED) is 0.743. The smallest absolute Gasteiger partial charge is 0.129 e. The summed E-state index contributed by atoms with van der Waals surface area (Å²) in [6.07, 6.45) is 0.947. The van der Waals surface area contributed by atoms with Gasteiger partial charge < -0.3 is 10.1 Å². The Bertz CT molecular complexity index is 395. The van der Waals surface area contributed by atoms with Gasteiger partial charge in [0.05, 0.1) is 6.61 Å². The molecule has 1 unspecified atom stereocenters. The minimum absolute atomic E-state index is 0.417. The van der Waals surface area contributed by atoms with E-state index in [0.29, 0.717) is 11.8 Å². The topological polar surface area (TPSA) is 47.0 Å². The predicted octanol–water partition coefficient (Wildman–Crippen LogP) is 2.63. The van der Waals surface area contributed by atoms with Crippen LogP contribution in [0.5, 0.6) is 0 Å². The van der Waals surface area contributed by atoms with Crippen molar-refractivity contribution in [1.29, 1.82) is 0 Å². The van der Waals surface area contributed by atoms with Crippen molar-refractivity contribution in [1.82, 2.24) is 15.3 Å². The Labute approximate surface area is 123 Å². The van der Waals surface area contributed by atoms with Crippen molar-refractivity contribution in [3.8, 4) is 0 Å². The number of aryl methyl sites for hydroxylation is 2. The number of hydrogen-bond donors (Lipinski definition) is 1. The number of hydrogen-bond acceptors (Lipinski definition) is 4. The second kappa shape index (κ2) is 8.32. The van der Waals surface area contributed by atoms with Crippen LogP contribution in [0.4, 0.5) is 0 Å². The van der Waals surface area contributed by atoms with Gasteiger partial charge in [-0.15, -0.1) is 0 Å². The molecule has 114 valence electrons. The summed E-state index contributed by atoms with van der Waals surface area (Å²) in [6, 6.07) is 0. The summed E-state index contributed by atoms with van der Waals surface area (Å²) in [5.41, 5.74) is 3.52. The molecular formula is C16H29N3O. The lowest BCUT2D eigenvalue weighted by atomic mass is 9.97. The number of aromatic nitrogens is 2. The first-order valence-electron chi connectivity index (χ1n) is 7.49. The average Bonchev–Trinajstić information content (AvgIpc) is 2.33. The van der Waals surface area contributed by atoms with E-state index in [4.69, 9.17) is 4.74 Å². The van der Waals surface area contributed by atoms with Crippen molar-refractivity contribution >= 4 is 0 Å². The van der Waals surface area contributed by atoms with Crippen LogP contribution in [0, 0.1) is 19.8 Å². The Morgan fingerprint density at radius 1 is 1.10 bits per heavy atom. The summed E-state index contributed by atoms with van der Waals surface area (Å²) in [4.78, 5) is 9.35. The molecule has 0 saturated carbocycles. The Morgan fingerprint density at radius 3 is 2.20 bits per heavy atom. The normalized spacial score (nSPS) is 12.9. The van der Waals surface area contributed by atoms with Crippen LogP contribution in [0.15, 0.2) is 0 Å². The van der Waals surface area contributed by atoms with Crippen molar-refractivity contribution < 1.29 is 4.74 Å². The van der Waals surface area contributed by atoms with Crippen molar-refractivity contribution in [3.05, 3.63) is 22.8 Å². The van der Waals surface area contributed by atoms with Gasteiger partial charge in [0.25, 0.3) is 0 Å². The molecule has 0 bridgehead atoms. The van der Waals surface area contributed by atoms with Crippen LogP contribution in [-0.2, 0) is 11.2 Å². The molecule has 20 heavy (non-hydrogen) atoms. The molecule has 4 nitrogen and oxygen atoms in total. The summed E-state index contributed by atoms with van der Waals surface area (Å²) in [7, 11) is 1.72. The fraction of sp³-hybridized carbons (Fsp3) is 0.750. The number of nitrogens with one attached hydrogen (secondary N) is 1. The molecule has 0 aromatic carbocycles. The highest BCUT2D eigenvalue weighted by Crippen LogP contribution is 2.21. The third-order valence-corrected chi connectivity index (χ3v) is 3.39. The third kappa shape index (κ3) is 5.17. The molecule has 0 aliphatic rings. The van der Waals surface area contributed by atoms with E-state index in [1.807, 2.05) is 0 Å². The van der Waals surface area contributed by atoms with Crippen molar-refractivity contribution in [3.63, 3.8) is 0 Å². The van der Waals surface area contributed by atoms with Crippen LogP contribution in [0.2, 0.25) is 0 Å². The molecule has 1 aromatic rings. The molecule has 0 aliphatic carbocycles. The fourth-order valence-electron chi connectivity index (χ4n) is 2.56. The molecule has 1 atom stereocenters. The van der Waals surface area contributed by atoms with E-state index >= 15 is 0 Å². The summed E-state index contributed by atoms with van der Waals surface area (Å²) >= 11 is 0. The van der Waals surface area contributed by atoms with Crippen molar-refractivity contribution in [2.24, 2.45) is 5.92 Å². The molecule has 1 rings (SSSR count). The van der Waals surface area contributed by atoms with Gasteiger partial charge in [0, 0.05) is 38.0 Å². The highest BCUT2D eigenvalue weighted by atomic mass is 16.5. The molecule has 4 heteroatoms. The van der Waals surface area contributed by atoms with Gasteiger partial charge in [-0.3, -0.25) is 0 Å². The van der Waals surface area contributed by atoms with Gasteiger partial charge in [-0.25, -0.2) is 9.97 Å². The predicted molar refractivity (Wildman–Crippen MR) is 83.2 cm³/mol. The minimum Gasteiger partial charge on any atom is -0.383 e. The zero-order valence-electron chi connectivity index (χ0n) is 13.8. The number of nitrogens with zero attached hydrogens (tertiary/aromatic N) is 2. The molecule has 0 aliphatic heterocycles. The van der Waals surface area contributed by atoms with E-state index in [9.17, 15) is 0 Å². The van der Waals surface area contributed by atoms with Gasteiger partial charge in [0.1, 0.15) is 5.82 Å². The zero-order chi connectivity index (χ0) is 15.1. The Morgan fingerprint density at radius 2 is 1.70 bits per heavy atom. The van der Waals surface area contributed by atoms with Crippen LogP contribution in [0.1, 0.15) is 49.5 Å². The van der Waals surface area contributed by atoms with E-state index in [-0.39, 0.29) is 0 Å². The maximum atomic E-state index is 5.04. The summed E-state index contributed by atoms with van der Waals surface area (Å²) in [5.74, 6) is 1.98. The van der Waals surface area contributed by atoms with Crippen LogP contribution >= 0.6 is 0 Å². The average molecular weight is 279 g/mol.